The molecule has 1 aliphatic heterocycles. The molecule has 0 atom stereocenters. The minimum absolute atomic E-state index is 0.0412. The van der Waals surface area contributed by atoms with Crippen LogP contribution in [0.25, 0.3) is 0 Å². The van der Waals surface area contributed by atoms with Crippen LogP contribution in [0, 0.1) is 0 Å². The Balaban J connectivity index is 1.54. The second-order valence-corrected chi connectivity index (χ2v) is 9.02. The van der Waals surface area contributed by atoms with Gasteiger partial charge in [0.05, 0.1) is 10.3 Å². The minimum Gasteiger partial charge on any atom is -0.334 e. The monoisotopic (exact) mass is 421 g/mol. The zero-order valence-electron chi connectivity index (χ0n) is 14.5. The van der Waals surface area contributed by atoms with Crippen molar-refractivity contribution in [2.24, 2.45) is 0 Å². The van der Waals surface area contributed by atoms with Gasteiger partial charge in [0, 0.05) is 25.0 Å². The first-order valence-electron chi connectivity index (χ1n) is 8.64. The van der Waals surface area contributed by atoms with Crippen molar-refractivity contribution in [3.8, 4) is 0 Å². The van der Waals surface area contributed by atoms with Crippen molar-refractivity contribution in [3.63, 3.8) is 0 Å². The van der Waals surface area contributed by atoms with Gasteiger partial charge >= 0.3 is 6.03 Å². The Morgan fingerprint density at radius 2 is 1.92 bits per heavy atom. The number of rotatable bonds is 6. The van der Waals surface area contributed by atoms with Crippen LogP contribution in [0.2, 0.25) is 0 Å². The van der Waals surface area contributed by atoms with Crippen LogP contribution in [0.4, 0.5) is 4.79 Å². The maximum absolute atomic E-state index is 12.4. The largest absolute Gasteiger partial charge is 0.334 e. The molecule has 1 saturated heterocycles. The molecule has 4 nitrogen and oxygen atoms in total. The Hall–Kier alpha value is -1.37. The smallest absolute Gasteiger partial charge is 0.317 e. The predicted octanol–water partition coefficient (Wildman–Crippen LogP) is 4.45. The third-order valence-corrected chi connectivity index (χ3v) is 6.12. The van der Waals surface area contributed by atoms with Crippen LogP contribution in [0.5, 0.6) is 0 Å². The Labute approximate surface area is 162 Å². The minimum atomic E-state index is -0.0412. The van der Waals surface area contributed by atoms with Gasteiger partial charge in [-0.1, -0.05) is 24.3 Å². The van der Waals surface area contributed by atoms with E-state index in [-0.39, 0.29) is 6.03 Å². The van der Waals surface area contributed by atoms with Gasteiger partial charge in [0.15, 0.2) is 0 Å². The quantitative estimate of drug-likeness (QED) is 0.747. The predicted molar refractivity (Wildman–Crippen MR) is 107 cm³/mol. The molecule has 1 aromatic carbocycles. The van der Waals surface area contributed by atoms with Crippen molar-refractivity contribution in [2.45, 2.75) is 32.5 Å². The Morgan fingerprint density at radius 3 is 2.60 bits per heavy atom. The number of carbonyl (C=O) groups is 1. The molecule has 0 radical (unpaired) electrons. The van der Waals surface area contributed by atoms with E-state index in [1.54, 1.807) is 16.2 Å². The number of thiophene rings is 1. The van der Waals surface area contributed by atoms with Crippen LogP contribution < -0.4 is 5.32 Å². The Morgan fingerprint density at radius 1 is 1.20 bits per heavy atom. The van der Waals surface area contributed by atoms with Gasteiger partial charge in [0.1, 0.15) is 0 Å². The second-order valence-electron chi connectivity index (χ2n) is 6.47. The normalized spacial score (nSPS) is 14.6. The Kier molecular flexibility index (Phi) is 6.51. The zero-order chi connectivity index (χ0) is 17.6. The number of carbonyl (C=O) groups excluding carboxylic acids is 1. The highest BCUT2D eigenvalue weighted by atomic mass is 79.9. The molecular formula is C19H24BrN3OS. The highest BCUT2D eigenvalue weighted by molar-refractivity contribution is 9.11. The lowest BCUT2D eigenvalue weighted by molar-refractivity contribution is 0.207. The molecular weight excluding hydrogens is 398 g/mol. The first-order valence-corrected chi connectivity index (χ1v) is 10.2. The number of hydrogen-bond donors (Lipinski definition) is 1. The molecule has 2 amide bonds. The van der Waals surface area contributed by atoms with Crippen molar-refractivity contribution in [3.05, 3.63) is 56.2 Å². The summed E-state index contributed by atoms with van der Waals surface area (Å²) in [7, 11) is 1.83. The summed E-state index contributed by atoms with van der Waals surface area (Å²) < 4.78 is 1.09. The molecule has 0 aliphatic carbocycles. The number of hydrogen-bond acceptors (Lipinski definition) is 3. The summed E-state index contributed by atoms with van der Waals surface area (Å²) in [5.41, 5.74) is 2.52. The molecule has 1 N–H and O–H groups in total. The molecule has 134 valence electrons. The van der Waals surface area contributed by atoms with Crippen molar-refractivity contribution in [2.75, 3.05) is 20.1 Å². The fourth-order valence-corrected chi connectivity index (χ4v) is 4.65. The van der Waals surface area contributed by atoms with Crippen LogP contribution in [-0.2, 0) is 19.6 Å². The first kappa shape index (κ1) is 18.4. The Bertz CT molecular complexity index is 712. The summed E-state index contributed by atoms with van der Waals surface area (Å²) in [6.07, 6.45) is 2.59. The fourth-order valence-electron chi connectivity index (χ4n) is 3.11. The summed E-state index contributed by atoms with van der Waals surface area (Å²) in [5, 5.41) is 3.05. The van der Waals surface area contributed by atoms with E-state index in [1.807, 2.05) is 25.2 Å². The first-order chi connectivity index (χ1) is 12.1. The number of amides is 2. The number of likely N-dealkylation sites (tertiary alicyclic amines) is 1. The highest BCUT2D eigenvalue weighted by Gasteiger charge is 2.15. The molecule has 0 spiro atoms. The molecule has 1 aromatic heterocycles. The van der Waals surface area contributed by atoms with Gasteiger partial charge in [0.2, 0.25) is 0 Å². The fraction of sp³-hybridized carbons (Fsp3) is 0.421. The summed E-state index contributed by atoms with van der Waals surface area (Å²) in [5.74, 6) is 0. The second kappa shape index (κ2) is 8.83. The van der Waals surface area contributed by atoms with E-state index in [0.29, 0.717) is 13.1 Å². The van der Waals surface area contributed by atoms with Gasteiger partial charge in [-0.15, -0.1) is 11.3 Å². The molecule has 0 bridgehead atoms. The van der Waals surface area contributed by atoms with E-state index in [9.17, 15) is 4.79 Å². The molecule has 1 fully saturated rings. The van der Waals surface area contributed by atoms with Gasteiger partial charge in [-0.05, 0) is 65.1 Å². The number of benzene rings is 1. The van der Waals surface area contributed by atoms with Gasteiger partial charge in [0.25, 0.3) is 0 Å². The van der Waals surface area contributed by atoms with Gasteiger partial charge in [-0.2, -0.15) is 0 Å². The van der Waals surface area contributed by atoms with E-state index in [4.69, 9.17) is 0 Å². The van der Waals surface area contributed by atoms with E-state index in [1.165, 1.54) is 41.9 Å². The summed E-state index contributed by atoms with van der Waals surface area (Å²) in [6, 6.07) is 12.4. The SMILES string of the molecule is CN(Cc1ccc(Br)s1)C(=O)NCc1ccccc1CN1CCCC1. The van der Waals surface area contributed by atoms with Gasteiger partial charge in [-0.3, -0.25) is 4.90 Å². The van der Waals surface area contributed by atoms with Crippen LogP contribution >= 0.6 is 27.3 Å². The van der Waals surface area contributed by atoms with Crippen molar-refractivity contribution in [1.82, 2.24) is 15.1 Å². The van der Waals surface area contributed by atoms with Crippen molar-refractivity contribution in [1.29, 1.82) is 0 Å². The molecule has 0 saturated carbocycles. The van der Waals surface area contributed by atoms with Crippen LogP contribution in [-0.4, -0.2) is 36.0 Å². The van der Waals surface area contributed by atoms with Gasteiger partial charge < -0.3 is 10.2 Å². The average molecular weight is 422 g/mol. The van der Waals surface area contributed by atoms with Crippen LogP contribution in [0.15, 0.2) is 40.2 Å². The molecule has 2 aromatic rings. The maximum Gasteiger partial charge on any atom is 0.317 e. The summed E-state index contributed by atoms with van der Waals surface area (Å²) in [4.78, 5) is 17.8. The maximum atomic E-state index is 12.4. The zero-order valence-corrected chi connectivity index (χ0v) is 16.9. The van der Waals surface area contributed by atoms with E-state index < -0.39 is 0 Å². The average Bonchev–Trinajstić information content (AvgIpc) is 3.25. The molecule has 2 heterocycles. The number of urea groups is 1. The molecule has 0 unspecified atom stereocenters. The van der Waals surface area contributed by atoms with Crippen LogP contribution in [0.1, 0.15) is 28.8 Å². The summed E-state index contributed by atoms with van der Waals surface area (Å²) >= 11 is 5.12. The lowest BCUT2D eigenvalue weighted by Crippen LogP contribution is -2.36. The third kappa shape index (κ3) is 5.30. The number of halogens is 1. The van der Waals surface area contributed by atoms with Gasteiger partial charge in [-0.25, -0.2) is 4.79 Å². The topological polar surface area (TPSA) is 35.6 Å². The number of nitrogens with one attached hydrogen (secondary N) is 1. The summed E-state index contributed by atoms with van der Waals surface area (Å²) in [6.45, 7) is 4.53. The molecule has 3 rings (SSSR count). The van der Waals surface area contributed by atoms with Crippen molar-refractivity contribution < 1.29 is 4.79 Å². The third-order valence-electron chi connectivity index (χ3n) is 4.51. The molecule has 25 heavy (non-hydrogen) atoms. The van der Waals surface area contributed by atoms with E-state index >= 15 is 0 Å². The highest BCUT2D eigenvalue weighted by Crippen LogP contribution is 2.23. The molecule has 1 aliphatic rings. The standard InChI is InChI=1S/C19H24BrN3OS/c1-22(14-17-8-9-18(20)25-17)19(24)21-12-15-6-2-3-7-16(15)13-23-10-4-5-11-23/h2-3,6-9H,4-5,10-14H2,1H3,(H,21,24). The molecule has 6 heteroatoms. The lowest BCUT2D eigenvalue weighted by atomic mass is 10.1. The lowest BCUT2D eigenvalue weighted by Gasteiger charge is -2.20. The number of nitrogens with zero attached hydrogens (tertiary/aromatic N) is 2. The van der Waals surface area contributed by atoms with E-state index in [2.05, 4.69) is 44.3 Å². The van der Waals surface area contributed by atoms with E-state index in [0.717, 1.165) is 10.3 Å². The van der Waals surface area contributed by atoms with Crippen molar-refractivity contribution >= 4 is 33.3 Å². The van der Waals surface area contributed by atoms with Crippen LogP contribution in [0.3, 0.4) is 0 Å².